The lowest BCUT2D eigenvalue weighted by Gasteiger charge is -2.21. The standard InChI is InChI=1S/C22H24Br2O6/c1-11(2)29-19-9-15(21(25)27-5)17(23)7-13(19)14-8-18(24)16(22(26)28-6)10-20(14)30-12(3)4/h7-12H,1-6H3. The molecule has 0 aliphatic rings. The summed E-state index contributed by atoms with van der Waals surface area (Å²) in [4.78, 5) is 24.3. The minimum absolute atomic E-state index is 0.136. The number of benzene rings is 2. The van der Waals surface area contributed by atoms with E-state index in [2.05, 4.69) is 31.9 Å². The van der Waals surface area contributed by atoms with Crippen molar-refractivity contribution < 1.29 is 28.5 Å². The lowest BCUT2D eigenvalue weighted by molar-refractivity contribution is 0.0590. The van der Waals surface area contributed by atoms with Crippen molar-refractivity contribution in [3.05, 3.63) is 44.3 Å². The first-order chi connectivity index (χ1) is 14.1. The van der Waals surface area contributed by atoms with Crippen molar-refractivity contribution in [1.29, 1.82) is 0 Å². The monoisotopic (exact) mass is 542 g/mol. The molecule has 2 rings (SSSR count). The van der Waals surface area contributed by atoms with Gasteiger partial charge in [0.05, 0.1) is 37.6 Å². The summed E-state index contributed by atoms with van der Waals surface area (Å²) < 4.78 is 22.8. The minimum atomic E-state index is -0.483. The van der Waals surface area contributed by atoms with Crippen molar-refractivity contribution >= 4 is 43.8 Å². The normalized spacial score (nSPS) is 10.9. The van der Waals surface area contributed by atoms with Gasteiger partial charge in [-0.15, -0.1) is 0 Å². The number of hydrogen-bond donors (Lipinski definition) is 0. The molecule has 0 atom stereocenters. The number of rotatable bonds is 7. The third-order valence-electron chi connectivity index (χ3n) is 3.96. The molecule has 2 aromatic carbocycles. The van der Waals surface area contributed by atoms with Crippen LogP contribution < -0.4 is 9.47 Å². The van der Waals surface area contributed by atoms with Gasteiger partial charge in [0.15, 0.2) is 0 Å². The molecule has 0 aliphatic heterocycles. The number of carbonyl (C=O) groups excluding carboxylic acids is 2. The maximum absolute atomic E-state index is 12.1. The Labute approximate surface area is 193 Å². The zero-order valence-corrected chi connectivity index (χ0v) is 20.8. The molecule has 30 heavy (non-hydrogen) atoms. The fourth-order valence-corrected chi connectivity index (χ4v) is 3.77. The Bertz CT molecular complexity index is 876. The smallest absolute Gasteiger partial charge is 0.339 e. The van der Waals surface area contributed by atoms with Crippen LogP contribution in [-0.4, -0.2) is 38.4 Å². The Kier molecular flexibility index (Phi) is 8.32. The van der Waals surface area contributed by atoms with Crippen LogP contribution in [0.15, 0.2) is 33.2 Å². The van der Waals surface area contributed by atoms with Crippen LogP contribution >= 0.6 is 31.9 Å². The number of esters is 2. The Morgan fingerprint density at radius 1 is 0.700 bits per heavy atom. The van der Waals surface area contributed by atoms with E-state index in [1.807, 2.05) is 27.7 Å². The van der Waals surface area contributed by atoms with Gasteiger partial charge >= 0.3 is 11.9 Å². The molecule has 162 valence electrons. The van der Waals surface area contributed by atoms with Gasteiger partial charge in [-0.3, -0.25) is 0 Å². The van der Waals surface area contributed by atoms with Crippen molar-refractivity contribution in [3.63, 3.8) is 0 Å². The second kappa shape index (κ2) is 10.3. The largest absolute Gasteiger partial charge is 0.490 e. The fraction of sp³-hybridized carbons (Fsp3) is 0.364. The zero-order valence-electron chi connectivity index (χ0n) is 17.7. The molecule has 6 nitrogen and oxygen atoms in total. The van der Waals surface area contributed by atoms with Crippen molar-refractivity contribution in [1.82, 2.24) is 0 Å². The van der Waals surface area contributed by atoms with Gasteiger partial charge in [-0.2, -0.15) is 0 Å². The van der Waals surface area contributed by atoms with Crippen LogP contribution in [0.4, 0.5) is 0 Å². The molecule has 2 aromatic rings. The topological polar surface area (TPSA) is 71.1 Å². The van der Waals surface area contributed by atoms with E-state index in [0.29, 0.717) is 42.7 Å². The molecule has 0 unspecified atom stereocenters. The van der Waals surface area contributed by atoms with E-state index < -0.39 is 11.9 Å². The van der Waals surface area contributed by atoms with Gasteiger partial charge in [-0.05, 0) is 83.8 Å². The molecule has 0 spiro atoms. The van der Waals surface area contributed by atoms with Crippen LogP contribution in [-0.2, 0) is 9.47 Å². The van der Waals surface area contributed by atoms with Crippen LogP contribution in [0.3, 0.4) is 0 Å². The quantitative estimate of drug-likeness (QED) is 0.397. The highest BCUT2D eigenvalue weighted by molar-refractivity contribution is 9.10. The van der Waals surface area contributed by atoms with Crippen molar-refractivity contribution in [2.24, 2.45) is 0 Å². The zero-order chi connectivity index (χ0) is 22.6. The first kappa shape index (κ1) is 24.2. The molecule has 0 heterocycles. The first-order valence-electron chi connectivity index (χ1n) is 9.26. The highest BCUT2D eigenvalue weighted by Crippen LogP contribution is 2.43. The van der Waals surface area contributed by atoms with E-state index in [0.717, 1.165) is 0 Å². The number of carbonyl (C=O) groups is 2. The Balaban J connectivity index is 2.80. The van der Waals surface area contributed by atoms with E-state index in [1.54, 1.807) is 24.3 Å². The highest BCUT2D eigenvalue weighted by Gasteiger charge is 2.23. The number of hydrogen-bond acceptors (Lipinski definition) is 6. The maximum atomic E-state index is 12.1. The summed E-state index contributed by atoms with van der Waals surface area (Å²) in [5.74, 6) is 0.00524. The van der Waals surface area contributed by atoms with Crippen LogP contribution in [0.1, 0.15) is 48.4 Å². The van der Waals surface area contributed by atoms with Gasteiger partial charge in [-0.25, -0.2) is 9.59 Å². The minimum Gasteiger partial charge on any atom is -0.490 e. The molecule has 0 aliphatic carbocycles. The van der Waals surface area contributed by atoms with Gasteiger partial charge in [0.25, 0.3) is 0 Å². The molecule has 0 bridgehead atoms. The molecular weight excluding hydrogens is 520 g/mol. The number of ether oxygens (including phenoxy) is 4. The van der Waals surface area contributed by atoms with Crippen LogP contribution in [0.25, 0.3) is 11.1 Å². The predicted octanol–water partition coefficient (Wildman–Crippen LogP) is 6.03. The average Bonchev–Trinajstić information content (AvgIpc) is 2.68. The lowest BCUT2D eigenvalue weighted by atomic mass is 9.99. The van der Waals surface area contributed by atoms with E-state index in [1.165, 1.54) is 14.2 Å². The molecule has 0 radical (unpaired) electrons. The third kappa shape index (κ3) is 5.55. The van der Waals surface area contributed by atoms with Crippen molar-refractivity contribution in [2.75, 3.05) is 14.2 Å². The predicted molar refractivity (Wildman–Crippen MR) is 121 cm³/mol. The van der Waals surface area contributed by atoms with Crippen LogP contribution in [0.2, 0.25) is 0 Å². The van der Waals surface area contributed by atoms with Gasteiger partial charge in [0, 0.05) is 20.1 Å². The Hall–Kier alpha value is -2.06. The number of halogens is 2. The molecule has 0 saturated heterocycles. The highest BCUT2D eigenvalue weighted by atomic mass is 79.9. The molecule has 0 saturated carbocycles. The maximum Gasteiger partial charge on any atom is 0.339 e. The Morgan fingerprint density at radius 2 is 1.03 bits per heavy atom. The summed E-state index contributed by atoms with van der Waals surface area (Å²) in [6.45, 7) is 7.58. The molecular formula is C22H24Br2O6. The third-order valence-corrected chi connectivity index (χ3v) is 5.28. The first-order valence-corrected chi connectivity index (χ1v) is 10.8. The fourth-order valence-electron chi connectivity index (χ4n) is 2.76. The van der Waals surface area contributed by atoms with Crippen LogP contribution in [0, 0.1) is 0 Å². The molecule has 0 fully saturated rings. The second-order valence-corrected chi connectivity index (χ2v) is 8.68. The van der Waals surface area contributed by atoms with E-state index in [-0.39, 0.29) is 12.2 Å². The number of methoxy groups -OCH3 is 2. The van der Waals surface area contributed by atoms with E-state index in [9.17, 15) is 9.59 Å². The summed E-state index contributed by atoms with van der Waals surface area (Å²) in [5, 5.41) is 0. The summed E-state index contributed by atoms with van der Waals surface area (Å²) in [7, 11) is 2.64. The van der Waals surface area contributed by atoms with Gasteiger partial charge in [0.1, 0.15) is 11.5 Å². The van der Waals surface area contributed by atoms with Gasteiger partial charge in [0.2, 0.25) is 0 Å². The summed E-state index contributed by atoms with van der Waals surface area (Å²) in [6.07, 6.45) is -0.273. The second-order valence-electron chi connectivity index (χ2n) is 6.97. The van der Waals surface area contributed by atoms with Crippen molar-refractivity contribution in [2.45, 2.75) is 39.9 Å². The lowest BCUT2D eigenvalue weighted by Crippen LogP contribution is -2.11. The van der Waals surface area contributed by atoms with E-state index >= 15 is 0 Å². The molecule has 0 aromatic heterocycles. The molecule has 8 heteroatoms. The van der Waals surface area contributed by atoms with Gasteiger partial charge < -0.3 is 18.9 Å². The SMILES string of the molecule is COC(=O)c1cc(OC(C)C)c(-c2cc(Br)c(C(=O)OC)cc2OC(C)C)cc1Br. The molecule has 0 N–H and O–H groups in total. The van der Waals surface area contributed by atoms with E-state index in [4.69, 9.17) is 18.9 Å². The van der Waals surface area contributed by atoms with Crippen molar-refractivity contribution in [3.8, 4) is 22.6 Å². The summed E-state index contributed by atoms with van der Waals surface area (Å²) in [5.41, 5.74) is 2.06. The summed E-state index contributed by atoms with van der Waals surface area (Å²) >= 11 is 6.89. The summed E-state index contributed by atoms with van der Waals surface area (Å²) in [6, 6.07) is 6.81. The van der Waals surface area contributed by atoms with Gasteiger partial charge in [-0.1, -0.05) is 0 Å². The Morgan fingerprint density at radius 3 is 1.30 bits per heavy atom. The molecule has 0 amide bonds. The van der Waals surface area contributed by atoms with Crippen LogP contribution in [0.5, 0.6) is 11.5 Å². The average molecular weight is 544 g/mol.